The highest BCUT2D eigenvalue weighted by Crippen LogP contribution is 2.39. The molecule has 0 amide bonds. The summed E-state index contributed by atoms with van der Waals surface area (Å²) < 4.78 is 5.22. The van der Waals surface area contributed by atoms with Gasteiger partial charge in [-0.25, -0.2) is 9.97 Å². The summed E-state index contributed by atoms with van der Waals surface area (Å²) in [6.45, 7) is 0.437. The molecule has 2 aromatic heterocycles. The van der Waals surface area contributed by atoms with Crippen molar-refractivity contribution in [3.05, 3.63) is 88.7 Å². The van der Waals surface area contributed by atoms with Crippen LogP contribution in [0.2, 0.25) is 5.02 Å². The number of nitrogens with one attached hydrogen (secondary N) is 1. The lowest BCUT2D eigenvalue weighted by Crippen LogP contribution is -2.09. The molecule has 0 atom stereocenters. The highest BCUT2D eigenvalue weighted by atomic mass is 35.5. The molecule has 2 aromatic carbocycles. The highest BCUT2D eigenvalue weighted by molar-refractivity contribution is 6.32. The van der Waals surface area contributed by atoms with Gasteiger partial charge in [0.15, 0.2) is 11.6 Å². The van der Waals surface area contributed by atoms with Gasteiger partial charge in [0.25, 0.3) is 0 Å². The number of carbonyl (C=O) groups excluding carboxylic acids is 1. The first kappa shape index (κ1) is 21.7. The largest absolute Gasteiger partial charge is 0.495 e. The SMILES string of the molecule is COc1ccc(CNc2nc(-c3ccncc3)nc3c2C(=O)c2ccccc2-3)cc1Cl.Cl. The van der Waals surface area contributed by atoms with Crippen LogP contribution in [-0.2, 0) is 6.54 Å². The number of ether oxygens (including phenoxy) is 1. The van der Waals surface area contributed by atoms with Crippen LogP contribution < -0.4 is 10.1 Å². The lowest BCUT2D eigenvalue weighted by Gasteiger charge is -2.13. The van der Waals surface area contributed by atoms with Crippen LogP contribution >= 0.6 is 24.0 Å². The summed E-state index contributed by atoms with van der Waals surface area (Å²) >= 11 is 6.26. The standard InChI is InChI=1S/C24H17ClN4O2.ClH/c1-31-19-7-6-14(12-18(19)25)13-27-24-20-21(16-4-2-3-5-17(16)22(20)30)28-23(29-24)15-8-10-26-11-9-15;/h2-12H,13H2,1H3,(H,27,28,29);1H. The number of nitrogens with zero attached hydrogens (tertiary/aromatic N) is 3. The van der Waals surface area contributed by atoms with Gasteiger partial charge in [0.2, 0.25) is 0 Å². The van der Waals surface area contributed by atoms with E-state index in [9.17, 15) is 4.79 Å². The third-order valence-corrected chi connectivity index (χ3v) is 5.47. The number of ketones is 1. The van der Waals surface area contributed by atoms with Crippen molar-refractivity contribution < 1.29 is 9.53 Å². The molecule has 160 valence electrons. The smallest absolute Gasteiger partial charge is 0.199 e. The van der Waals surface area contributed by atoms with E-state index in [4.69, 9.17) is 26.3 Å². The van der Waals surface area contributed by atoms with Gasteiger partial charge in [-0.15, -0.1) is 12.4 Å². The van der Waals surface area contributed by atoms with E-state index in [0.717, 1.165) is 16.7 Å². The van der Waals surface area contributed by atoms with E-state index in [0.29, 0.717) is 45.8 Å². The quantitative estimate of drug-likeness (QED) is 0.372. The van der Waals surface area contributed by atoms with Gasteiger partial charge < -0.3 is 10.1 Å². The fraction of sp³-hybridized carbons (Fsp3) is 0.0833. The minimum absolute atomic E-state index is 0. The average molecular weight is 465 g/mol. The molecular formula is C24H18Cl2N4O2. The van der Waals surface area contributed by atoms with Crippen LogP contribution in [0.5, 0.6) is 5.75 Å². The van der Waals surface area contributed by atoms with Gasteiger partial charge in [-0.2, -0.15) is 0 Å². The molecular weight excluding hydrogens is 447 g/mol. The Morgan fingerprint density at radius 2 is 1.75 bits per heavy atom. The summed E-state index contributed by atoms with van der Waals surface area (Å²) in [6.07, 6.45) is 3.38. The van der Waals surface area contributed by atoms with Gasteiger partial charge in [0.05, 0.1) is 23.4 Å². The number of hydrogen-bond donors (Lipinski definition) is 1. The second kappa shape index (κ2) is 8.94. The zero-order valence-electron chi connectivity index (χ0n) is 17.0. The molecule has 0 radical (unpaired) electrons. The summed E-state index contributed by atoms with van der Waals surface area (Å²) in [5.41, 5.74) is 4.33. The molecule has 0 spiro atoms. The Hall–Kier alpha value is -3.48. The van der Waals surface area contributed by atoms with Crippen molar-refractivity contribution in [2.75, 3.05) is 12.4 Å². The molecule has 0 saturated heterocycles. The predicted octanol–water partition coefficient (Wildman–Crippen LogP) is 5.45. The van der Waals surface area contributed by atoms with Crippen molar-refractivity contribution in [1.29, 1.82) is 0 Å². The fourth-order valence-electron chi connectivity index (χ4n) is 3.66. The average Bonchev–Trinajstić information content (AvgIpc) is 3.10. The Labute approximate surface area is 196 Å². The number of pyridine rings is 1. The first-order valence-electron chi connectivity index (χ1n) is 9.68. The lowest BCUT2D eigenvalue weighted by atomic mass is 10.1. The number of rotatable bonds is 5. The van der Waals surface area contributed by atoms with Gasteiger partial charge in [-0.05, 0) is 29.8 Å². The summed E-state index contributed by atoms with van der Waals surface area (Å²) in [4.78, 5) is 26.6. The molecule has 1 aliphatic rings. The van der Waals surface area contributed by atoms with Crippen LogP contribution in [0.1, 0.15) is 21.5 Å². The highest BCUT2D eigenvalue weighted by Gasteiger charge is 2.32. The molecule has 5 rings (SSSR count). The van der Waals surface area contributed by atoms with Crippen molar-refractivity contribution in [2.45, 2.75) is 6.54 Å². The molecule has 0 unspecified atom stereocenters. The third kappa shape index (κ3) is 3.79. The second-order valence-corrected chi connectivity index (χ2v) is 7.46. The molecule has 4 aromatic rings. The number of halogens is 2. The van der Waals surface area contributed by atoms with Crippen LogP contribution in [0.25, 0.3) is 22.6 Å². The molecule has 6 nitrogen and oxygen atoms in total. The molecule has 0 bridgehead atoms. The Kier molecular flexibility index (Phi) is 6.08. The Balaban J connectivity index is 0.00000245. The number of fused-ring (bicyclic) bond motifs is 3. The summed E-state index contributed by atoms with van der Waals surface area (Å²) in [6, 6.07) is 16.7. The van der Waals surface area contributed by atoms with Gasteiger partial charge >= 0.3 is 0 Å². The molecule has 32 heavy (non-hydrogen) atoms. The van der Waals surface area contributed by atoms with Crippen molar-refractivity contribution in [3.63, 3.8) is 0 Å². The van der Waals surface area contributed by atoms with E-state index < -0.39 is 0 Å². The van der Waals surface area contributed by atoms with E-state index in [-0.39, 0.29) is 18.2 Å². The van der Waals surface area contributed by atoms with E-state index in [1.807, 2.05) is 54.6 Å². The van der Waals surface area contributed by atoms with E-state index >= 15 is 0 Å². The topological polar surface area (TPSA) is 77.0 Å². The second-order valence-electron chi connectivity index (χ2n) is 7.05. The zero-order chi connectivity index (χ0) is 21.4. The molecule has 2 heterocycles. The predicted molar refractivity (Wildman–Crippen MR) is 127 cm³/mol. The van der Waals surface area contributed by atoms with Gasteiger partial charge in [-0.1, -0.05) is 41.9 Å². The maximum atomic E-state index is 13.1. The molecule has 8 heteroatoms. The summed E-state index contributed by atoms with van der Waals surface area (Å²) in [7, 11) is 1.58. The van der Waals surface area contributed by atoms with Crippen LogP contribution in [0.15, 0.2) is 67.0 Å². The van der Waals surface area contributed by atoms with Gasteiger partial charge in [-0.3, -0.25) is 9.78 Å². The number of anilines is 1. The maximum absolute atomic E-state index is 13.1. The molecule has 1 aliphatic carbocycles. The third-order valence-electron chi connectivity index (χ3n) is 5.18. The lowest BCUT2D eigenvalue weighted by molar-refractivity contribution is 0.104. The number of methoxy groups -OCH3 is 1. The number of carbonyl (C=O) groups is 1. The normalized spacial score (nSPS) is 11.4. The van der Waals surface area contributed by atoms with E-state index in [2.05, 4.69) is 10.3 Å². The molecule has 0 saturated carbocycles. The van der Waals surface area contributed by atoms with Crippen LogP contribution in [0.3, 0.4) is 0 Å². The van der Waals surface area contributed by atoms with Crippen molar-refractivity contribution in [1.82, 2.24) is 15.0 Å². The molecule has 1 N–H and O–H groups in total. The number of hydrogen-bond acceptors (Lipinski definition) is 6. The maximum Gasteiger partial charge on any atom is 0.199 e. The zero-order valence-corrected chi connectivity index (χ0v) is 18.6. The fourth-order valence-corrected chi connectivity index (χ4v) is 3.94. The van der Waals surface area contributed by atoms with Crippen molar-refractivity contribution in [3.8, 4) is 28.4 Å². The van der Waals surface area contributed by atoms with E-state index in [1.54, 1.807) is 19.5 Å². The van der Waals surface area contributed by atoms with Crippen LogP contribution in [0.4, 0.5) is 5.82 Å². The first-order valence-corrected chi connectivity index (χ1v) is 10.1. The number of aromatic nitrogens is 3. The monoisotopic (exact) mass is 464 g/mol. The van der Waals surface area contributed by atoms with Crippen molar-refractivity contribution in [2.24, 2.45) is 0 Å². The Bertz CT molecular complexity index is 1310. The Morgan fingerprint density at radius 3 is 2.47 bits per heavy atom. The number of benzene rings is 2. The van der Waals surface area contributed by atoms with Gasteiger partial charge in [0.1, 0.15) is 11.6 Å². The summed E-state index contributed by atoms with van der Waals surface area (Å²) in [5, 5.41) is 3.84. The van der Waals surface area contributed by atoms with Crippen LogP contribution in [-0.4, -0.2) is 27.8 Å². The minimum Gasteiger partial charge on any atom is -0.495 e. The molecule has 0 fully saturated rings. The van der Waals surface area contributed by atoms with Gasteiger partial charge in [0, 0.05) is 35.6 Å². The van der Waals surface area contributed by atoms with E-state index in [1.165, 1.54) is 0 Å². The van der Waals surface area contributed by atoms with Crippen LogP contribution in [0, 0.1) is 0 Å². The molecule has 0 aliphatic heterocycles. The van der Waals surface area contributed by atoms with Crippen molar-refractivity contribution >= 4 is 35.6 Å². The Morgan fingerprint density at radius 1 is 1.00 bits per heavy atom. The minimum atomic E-state index is -0.0814. The summed E-state index contributed by atoms with van der Waals surface area (Å²) in [5.74, 6) is 1.55. The first-order chi connectivity index (χ1) is 15.2.